The van der Waals surface area contributed by atoms with Gasteiger partial charge in [0, 0.05) is 5.56 Å². The first-order valence-electron chi connectivity index (χ1n) is 9.36. The molecule has 1 aliphatic rings. The summed E-state index contributed by atoms with van der Waals surface area (Å²) in [6.07, 6.45) is 4.49. The fraction of sp³-hybridized carbons (Fsp3) is 0.348. The van der Waals surface area contributed by atoms with Crippen LogP contribution in [0.3, 0.4) is 0 Å². The van der Waals surface area contributed by atoms with Crippen LogP contribution < -0.4 is 18.9 Å². The maximum absolute atomic E-state index is 12.7. The lowest BCUT2D eigenvalue weighted by Gasteiger charge is -2.33. The van der Waals surface area contributed by atoms with Crippen molar-refractivity contribution in [3.63, 3.8) is 0 Å². The highest BCUT2D eigenvalue weighted by atomic mass is 16.5. The van der Waals surface area contributed by atoms with Crippen LogP contribution in [0.25, 0.3) is 6.08 Å². The Hall–Kier alpha value is -3.15. The van der Waals surface area contributed by atoms with Gasteiger partial charge < -0.3 is 24.1 Å². The minimum atomic E-state index is -0.302. The zero-order valence-corrected chi connectivity index (χ0v) is 17.4. The number of fused-ring (bicyclic) bond motifs is 1. The molecule has 1 aliphatic heterocycles. The molecule has 0 atom stereocenters. The molecule has 3 rings (SSSR count). The van der Waals surface area contributed by atoms with E-state index >= 15 is 0 Å². The largest absolute Gasteiger partial charge is 0.507 e. The quantitative estimate of drug-likeness (QED) is 0.574. The molecule has 0 aromatic heterocycles. The summed E-state index contributed by atoms with van der Waals surface area (Å²) in [4.78, 5) is 12.7. The van der Waals surface area contributed by atoms with Gasteiger partial charge in [0.05, 0.1) is 26.9 Å². The monoisotopic (exact) mass is 398 g/mol. The number of allylic oxidation sites excluding steroid dienone is 1. The number of aromatic hydroxyl groups is 1. The van der Waals surface area contributed by atoms with Gasteiger partial charge in [0.15, 0.2) is 17.3 Å². The van der Waals surface area contributed by atoms with Crippen molar-refractivity contribution in [2.24, 2.45) is 0 Å². The van der Waals surface area contributed by atoms with Crippen LogP contribution in [0.15, 0.2) is 30.3 Å². The number of carbonyl (C=O) groups is 1. The summed E-state index contributed by atoms with van der Waals surface area (Å²) in [5.74, 6) is 1.78. The second-order valence-corrected chi connectivity index (χ2v) is 7.46. The highest BCUT2D eigenvalue weighted by molar-refractivity contribution is 6.09. The topological polar surface area (TPSA) is 74.2 Å². The number of phenolic OH excluding ortho intramolecular Hbond substituents is 1. The van der Waals surface area contributed by atoms with Crippen molar-refractivity contribution in [1.82, 2.24) is 0 Å². The molecular weight excluding hydrogens is 372 g/mol. The molecule has 1 heterocycles. The van der Waals surface area contributed by atoms with Gasteiger partial charge in [-0.3, -0.25) is 4.79 Å². The highest BCUT2D eigenvalue weighted by Crippen LogP contribution is 2.40. The Kier molecular flexibility index (Phi) is 5.73. The van der Waals surface area contributed by atoms with E-state index in [0.29, 0.717) is 40.5 Å². The van der Waals surface area contributed by atoms with Crippen LogP contribution >= 0.6 is 0 Å². The Morgan fingerprint density at radius 2 is 1.76 bits per heavy atom. The molecule has 0 unspecified atom stereocenters. The van der Waals surface area contributed by atoms with Crippen molar-refractivity contribution in [3.8, 4) is 28.7 Å². The lowest BCUT2D eigenvalue weighted by atomic mass is 9.91. The molecule has 0 saturated heterocycles. The molecule has 0 saturated carbocycles. The van der Waals surface area contributed by atoms with Gasteiger partial charge in [-0.05, 0) is 62.6 Å². The zero-order valence-electron chi connectivity index (χ0n) is 17.4. The van der Waals surface area contributed by atoms with Gasteiger partial charge in [0.25, 0.3) is 0 Å². The number of carbonyl (C=O) groups excluding carboxylic acids is 1. The molecule has 6 heteroatoms. The Bertz CT molecular complexity index is 933. The molecule has 0 amide bonds. The molecule has 154 valence electrons. The van der Waals surface area contributed by atoms with Crippen molar-refractivity contribution < 1.29 is 28.8 Å². The van der Waals surface area contributed by atoms with E-state index in [0.717, 1.165) is 6.42 Å². The number of methoxy groups -OCH3 is 3. The summed E-state index contributed by atoms with van der Waals surface area (Å²) in [5, 5.41) is 10.6. The van der Waals surface area contributed by atoms with Crippen LogP contribution in [0.2, 0.25) is 0 Å². The van der Waals surface area contributed by atoms with E-state index in [-0.39, 0.29) is 22.7 Å². The summed E-state index contributed by atoms with van der Waals surface area (Å²) in [6, 6.07) is 6.83. The number of rotatable bonds is 6. The number of hydrogen-bond donors (Lipinski definition) is 1. The smallest absolute Gasteiger partial charge is 0.203 e. The molecule has 0 aliphatic carbocycles. The standard InChI is InChI=1S/C23H26O6/c1-23(2)11-10-16-18(29-23)9-7-15(21(16)25)17(24)8-6-14-12-19(26-3)22(28-5)20(13-14)27-4/h6-9,12-13,25H,10-11H2,1-5H3. The summed E-state index contributed by atoms with van der Waals surface area (Å²) in [6.45, 7) is 4.01. The van der Waals surface area contributed by atoms with Crippen LogP contribution in [-0.2, 0) is 6.42 Å². The van der Waals surface area contributed by atoms with Crippen LogP contribution in [0, 0.1) is 0 Å². The molecule has 2 aromatic rings. The molecule has 2 aromatic carbocycles. The maximum Gasteiger partial charge on any atom is 0.203 e. The van der Waals surface area contributed by atoms with E-state index in [1.165, 1.54) is 27.4 Å². The van der Waals surface area contributed by atoms with Crippen LogP contribution in [0.4, 0.5) is 0 Å². The Labute approximate surface area is 170 Å². The summed E-state index contributed by atoms with van der Waals surface area (Å²) in [7, 11) is 4.60. The normalized spacial score (nSPS) is 14.8. The van der Waals surface area contributed by atoms with E-state index in [4.69, 9.17) is 18.9 Å². The molecule has 6 nitrogen and oxygen atoms in total. The second-order valence-electron chi connectivity index (χ2n) is 7.46. The number of benzene rings is 2. The number of phenols is 1. The number of hydrogen-bond acceptors (Lipinski definition) is 6. The first kappa shape index (κ1) is 20.6. The average Bonchev–Trinajstić information content (AvgIpc) is 2.70. The van der Waals surface area contributed by atoms with Crippen LogP contribution in [0.1, 0.15) is 41.8 Å². The lowest BCUT2D eigenvalue weighted by molar-refractivity contribution is 0.0836. The average molecular weight is 398 g/mol. The fourth-order valence-corrected chi connectivity index (χ4v) is 3.39. The molecule has 29 heavy (non-hydrogen) atoms. The SMILES string of the molecule is COc1cc(C=CC(=O)c2ccc3c(c2O)CCC(C)(C)O3)cc(OC)c1OC. The van der Waals surface area contributed by atoms with Crippen LogP contribution in [-0.4, -0.2) is 37.8 Å². The van der Waals surface area contributed by atoms with Gasteiger partial charge in [0.1, 0.15) is 17.1 Å². The molecule has 0 radical (unpaired) electrons. The van der Waals surface area contributed by atoms with Crippen LogP contribution in [0.5, 0.6) is 28.7 Å². The highest BCUT2D eigenvalue weighted by Gasteiger charge is 2.29. The predicted molar refractivity (Wildman–Crippen MR) is 111 cm³/mol. The van der Waals surface area contributed by atoms with Crippen molar-refractivity contribution in [2.45, 2.75) is 32.3 Å². The molecule has 1 N–H and O–H groups in total. The number of ether oxygens (including phenoxy) is 4. The Morgan fingerprint density at radius 3 is 2.34 bits per heavy atom. The van der Waals surface area contributed by atoms with Gasteiger partial charge >= 0.3 is 0 Å². The Morgan fingerprint density at radius 1 is 1.10 bits per heavy atom. The van der Waals surface area contributed by atoms with Gasteiger partial charge in [-0.2, -0.15) is 0 Å². The minimum absolute atomic E-state index is 0.0162. The van der Waals surface area contributed by atoms with E-state index in [2.05, 4.69) is 0 Å². The third kappa shape index (κ3) is 4.16. The third-order valence-electron chi connectivity index (χ3n) is 4.98. The molecular formula is C23H26O6. The van der Waals surface area contributed by atoms with Crippen molar-refractivity contribution in [3.05, 3.63) is 47.0 Å². The minimum Gasteiger partial charge on any atom is -0.507 e. The Balaban J connectivity index is 1.89. The lowest BCUT2D eigenvalue weighted by Crippen LogP contribution is -2.32. The van der Waals surface area contributed by atoms with E-state index in [1.807, 2.05) is 13.8 Å². The fourth-order valence-electron chi connectivity index (χ4n) is 3.39. The van der Waals surface area contributed by atoms with Crippen molar-refractivity contribution >= 4 is 11.9 Å². The maximum atomic E-state index is 12.7. The molecule has 0 spiro atoms. The first-order chi connectivity index (χ1) is 13.8. The van der Waals surface area contributed by atoms with E-state index in [9.17, 15) is 9.90 Å². The van der Waals surface area contributed by atoms with E-state index < -0.39 is 0 Å². The predicted octanol–water partition coefficient (Wildman–Crippen LogP) is 4.42. The van der Waals surface area contributed by atoms with Gasteiger partial charge in [-0.1, -0.05) is 6.08 Å². The van der Waals surface area contributed by atoms with Gasteiger partial charge in [-0.15, -0.1) is 0 Å². The zero-order chi connectivity index (χ0) is 21.2. The van der Waals surface area contributed by atoms with E-state index in [1.54, 1.807) is 30.3 Å². The summed E-state index contributed by atoms with van der Waals surface area (Å²) < 4.78 is 21.9. The second kappa shape index (κ2) is 8.07. The third-order valence-corrected chi connectivity index (χ3v) is 4.98. The first-order valence-corrected chi connectivity index (χ1v) is 9.36. The molecule has 0 fully saturated rings. The van der Waals surface area contributed by atoms with Gasteiger partial charge in [-0.25, -0.2) is 0 Å². The number of ketones is 1. The van der Waals surface area contributed by atoms with Crippen molar-refractivity contribution in [2.75, 3.05) is 21.3 Å². The van der Waals surface area contributed by atoms with Crippen molar-refractivity contribution in [1.29, 1.82) is 0 Å². The summed E-state index contributed by atoms with van der Waals surface area (Å²) >= 11 is 0. The summed E-state index contributed by atoms with van der Waals surface area (Å²) in [5.41, 5.74) is 1.35. The van der Waals surface area contributed by atoms with Gasteiger partial charge in [0.2, 0.25) is 5.75 Å². The molecule has 0 bridgehead atoms.